The Labute approximate surface area is 169 Å². The van der Waals surface area contributed by atoms with E-state index in [1.807, 2.05) is 32.9 Å². The number of amides is 2. The zero-order valence-corrected chi connectivity index (χ0v) is 16.7. The molecule has 0 atom stereocenters. The van der Waals surface area contributed by atoms with Crippen molar-refractivity contribution in [2.24, 2.45) is 0 Å². The van der Waals surface area contributed by atoms with Crippen LogP contribution in [-0.2, 0) is 5.41 Å². The quantitative estimate of drug-likeness (QED) is 0.587. The number of aromatic nitrogens is 3. The maximum atomic E-state index is 12.4. The average Bonchev–Trinajstić information content (AvgIpc) is 3.15. The van der Waals surface area contributed by atoms with Crippen LogP contribution in [0.25, 0.3) is 0 Å². The normalized spacial score (nSPS) is 10.6. The van der Waals surface area contributed by atoms with Gasteiger partial charge in [0.15, 0.2) is 5.82 Å². The predicted molar refractivity (Wildman–Crippen MR) is 112 cm³/mol. The molecule has 0 spiro atoms. The van der Waals surface area contributed by atoms with E-state index < -0.39 is 6.03 Å². The summed E-state index contributed by atoms with van der Waals surface area (Å²) < 4.78 is 5.01. The molecule has 0 saturated carbocycles. The third-order valence-corrected chi connectivity index (χ3v) is 4.02. The zero-order valence-electron chi connectivity index (χ0n) is 16.7. The molecule has 148 valence electrons. The summed E-state index contributed by atoms with van der Waals surface area (Å²) in [6.45, 7) is 6.05. The molecule has 3 N–H and O–H groups in total. The van der Waals surface area contributed by atoms with Crippen molar-refractivity contribution >= 4 is 23.4 Å². The maximum Gasteiger partial charge on any atom is 0.324 e. The summed E-state index contributed by atoms with van der Waals surface area (Å²) in [5.74, 6) is 7.14. The van der Waals surface area contributed by atoms with E-state index in [2.05, 4.69) is 42.9 Å². The first-order valence-corrected chi connectivity index (χ1v) is 8.99. The van der Waals surface area contributed by atoms with E-state index in [0.29, 0.717) is 22.9 Å². The predicted octanol–water partition coefficient (Wildman–Crippen LogP) is 3.85. The highest BCUT2D eigenvalue weighted by Crippen LogP contribution is 2.28. The van der Waals surface area contributed by atoms with Gasteiger partial charge >= 0.3 is 6.03 Å². The molecule has 0 aliphatic heterocycles. The molecule has 0 saturated heterocycles. The molecule has 2 amide bonds. The second-order valence-corrected chi connectivity index (χ2v) is 7.27. The van der Waals surface area contributed by atoms with Crippen molar-refractivity contribution in [3.8, 4) is 11.8 Å². The number of anilines is 3. The molecule has 2 heterocycles. The average molecular weight is 390 g/mol. The van der Waals surface area contributed by atoms with Gasteiger partial charge < -0.3 is 15.2 Å². The number of rotatable bonds is 3. The van der Waals surface area contributed by atoms with E-state index in [0.717, 1.165) is 11.1 Å². The zero-order chi connectivity index (χ0) is 20.9. The Morgan fingerprint density at radius 3 is 2.72 bits per heavy atom. The second-order valence-electron chi connectivity index (χ2n) is 7.27. The minimum Gasteiger partial charge on any atom is -0.372 e. The minimum atomic E-state index is -0.413. The first-order chi connectivity index (χ1) is 13.9. The second kappa shape index (κ2) is 8.44. The van der Waals surface area contributed by atoms with Crippen LogP contribution in [0.1, 0.15) is 37.5 Å². The molecule has 0 aliphatic rings. The van der Waals surface area contributed by atoms with E-state index in [4.69, 9.17) is 4.52 Å². The number of carbonyl (C=O) groups is 1. The van der Waals surface area contributed by atoms with Crippen molar-refractivity contribution in [3.63, 3.8) is 0 Å². The highest BCUT2D eigenvalue weighted by atomic mass is 16.5. The summed E-state index contributed by atoms with van der Waals surface area (Å²) in [4.78, 5) is 20.5. The third kappa shape index (κ3) is 5.11. The van der Waals surface area contributed by atoms with Crippen LogP contribution in [0.5, 0.6) is 0 Å². The molecular weight excluding hydrogens is 368 g/mol. The van der Waals surface area contributed by atoms with Crippen LogP contribution in [0.3, 0.4) is 0 Å². The first kappa shape index (κ1) is 19.9. The van der Waals surface area contributed by atoms with Crippen molar-refractivity contribution in [2.45, 2.75) is 26.2 Å². The highest BCUT2D eigenvalue weighted by Gasteiger charge is 2.22. The minimum absolute atomic E-state index is 0.203. The van der Waals surface area contributed by atoms with E-state index in [1.54, 1.807) is 31.6 Å². The molecule has 2 aromatic heterocycles. The lowest BCUT2D eigenvalue weighted by Gasteiger charge is -2.17. The topological polar surface area (TPSA) is 105 Å². The standard InChI is InChI=1S/C21H22N6O2/c1-21(2,3)17-12-29-27-19(17)26-20(28)25-16-7-5-6-14(10-16)8-9-15-11-23-13-24-18(15)22-4/h5-7,10-13H,1-4H3,(H,22,23,24)(H2,25,26,27,28). The Morgan fingerprint density at radius 1 is 1.14 bits per heavy atom. The number of nitrogens with zero attached hydrogens (tertiary/aromatic N) is 3. The number of benzene rings is 1. The van der Waals surface area contributed by atoms with E-state index in [-0.39, 0.29) is 5.41 Å². The van der Waals surface area contributed by atoms with Gasteiger partial charge in [0, 0.05) is 30.1 Å². The van der Waals surface area contributed by atoms with Crippen LogP contribution in [0.2, 0.25) is 0 Å². The smallest absolute Gasteiger partial charge is 0.324 e. The molecule has 0 radical (unpaired) electrons. The number of carbonyl (C=O) groups excluding carboxylic acids is 1. The van der Waals surface area contributed by atoms with Crippen LogP contribution < -0.4 is 16.0 Å². The van der Waals surface area contributed by atoms with Crippen molar-refractivity contribution < 1.29 is 9.32 Å². The Hall–Kier alpha value is -3.86. The molecule has 8 nitrogen and oxygen atoms in total. The number of hydrogen-bond acceptors (Lipinski definition) is 6. The molecule has 0 fully saturated rings. The van der Waals surface area contributed by atoms with Crippen LogP contribution >= 0.6 is 0 Å². The van der Waals surface area contributed by atoms with Crippen LogP contribution in [0.4, 0.5) is 22.1 Å². The molecule has 0 bridgehead atoms. The molecule has 8 heteroatoms. The van der Waals surface area contributed by atoms with Crippen LogP contribution in [0, 0.1) is 11.8 Å². The fourth-order valence-corrected chi connectivity index (χ4v) is 2.56. The summed E-state index contributed by atoms with van der Waals surface area (Å²) in [6, 6.07) is 6.82. The number of nitrogens with one attached hydrogen (secondary N) is 3. The Balaban J connectivity index is 1.72. The van der Waals surface area contributed by atoms with Gasteiger partial charge in [0.2, 0.25) is 0 Å². The van der Waals surface area contributed by atoms with Gasteiger partial charge in [-0.3, -0.25) is 5.32 Å². The van der Waals surface area contributed by atoms with Crippen molar-refractivity contribution in [1.82, 2.24) is 15.1 Å². The summed E-state index contributed by atoms with van der Waals surface area (Å²) >= 11 is 0. The SMILES string of the molecule is CNc1ncncc1C#Cc1cccc(NC(=O)Nc2nocc2C(C)(C)C)c1. The Bertz CT molecular complexity index is 1070. The van der Waals surface area contributed by atoms with Gasteiger partial charge in [-0.15, -0.1) is 0 Å². The molecule has 0 unspecified atom stereocenters. The first-order valence-electron chi connectivity index (χ1n) is 8.99. The fourth-order valence-electron chi connectivity index (χ4n) is 2.56. The Morgan fingerprint density at radius 2 is 1.97 bits per heavy atom. The van der Waals surface area contributed by atoms with Gasteiger partial charge in [0.25, 0.3) is 0 Å². The monoisotopic (exact) mass is 390 g/mol. The van der Waals surface area contributed by atoms with Crippen molar-refractivity contribution in [1.29, 1.82) is 0 Å². The Kier molecular flexibility index (Phi) is 5.79. The van der Waals surface area contributed by atoms with Gasteiger partial charge in [0.05, 0.1) is 5.56 Å². The lowest BCUT2D eigenvalue weighted by molar-refractivity contribution is 0.262. The largest absolute Gasteiger partial charge is 0.372 e. The highest BCUT2D eigenvalue weighted by molar-refractivity contribution is 5.99. The van der Waals surface area contributed by atoms with Crippen molar-refractivity contribution in [3.05, 3.63) is 59.7 Å². The lowest BCUT2D eigenvalue weighted by atomic mass is 9.89. The summed E-state index contributed by atoms with van der Waals surface area (Å²) in [5.41, 5.74) is 2.65. The molecule has 3 rings (SSSR count). The summed E-state index contributed by atoms with van der Waals surface area (Å²) in [5, 5.41) is 12.4. The van der Waals surface area contributed by atoms with Crippen molar-refractivity contribution in [2.75, 3.05) is 23.0 Å². The fraction of sp³-hybridized carbons (Fsp3) is 0.238. The molecule has 29 heavy (non-hydrogen) atoms. The summed E-state index contributed by atoms with van der Waals surface area (Å²) in [7, 11) is 1.77. The van der Waals surface area contributed by atoms with E-state index in [9.17, 15) is 4.79 Å². The molecule has 3 aromatic rings. The molecular formula is C21H22N6O2. The number of urea groups is 1. The molecule has 0 aliphatic carbocycles. The van der Waals surface area contributed by atoms with Crippen LogP contribution in [0.15, 0.2) is 47.6 Å². The third-order valence-electron chi connectivity index (χ3n) is 4.02. The van der Waals surface area contributed by atoms with Gasteiger partial charge in [-0.2, -0.15) is 0 Å². The number of hydrogen-bond donors (Lipinski definition) is 3. The van der Waals surface area contributed by atoms with Gasteiger partial charge in [-0.25, -0.2) is 14.8 Å². The summed E-state index contributed by atoms with van der Waals surface area (Å²) in [6.07, 6.45) is 4.64. The molecule has 1 aromatic carbocycles. The van der Waals surface area contributed by atoms with Crippen LogP contribution in [-0.4, -0.2) is 28.2 Å². The van der Waals surface area contributed by atoms with Gasteiger partial charge in [0.1, 0.15) is 18.4 Å². The van der Waals surface area contributed by atoms with Gasteiger partial charge in [-0.05, 0) is 23.6 Å². The van der Waals surface area contributed by atoms with E-state index in [1.165, 1.54) is 6.33 Å². The van der Waals surface area contributed by atoms with Gasteiger partial charge in [-0.1, -0.05) is 43.8 Å². The lowest BCUT2D eigenvalue weighted by Crippen LogP contribution is -2.22. The van der Waals surface area contributed by atoms with E-state index >= 15 is 0 Å². The maximum absolute atomic E-state index is 12.4.